The molecule has 0 aromatic heterocycles. The summed E-state index contributed by atoms with van der Waals surface area (Å²) in [6, 6.07) is 0. The lowest BCUT2D eigenvalue weighted by Crippen LogP contribution is -1.79. The third kappa shape index (κ3) is 5.37. The Labute approximate surface area is 49.1 Å². The van der Waals surface area contributed by atoms with Gasteiger partial charge in [0, 0.05) is 13.5 Å². The Balaban J connectivity index is 2.94. The fraction of sp³-hybridized carbons (Fsp3) is 0.500. The molecule has 0 rings (SSSR count). The molecule has 0 radical (unpaired) electrons. The van der Waals surface area contributed by atoms with E-state index in [4.69, 9.17) is 0 Å². The molecule has 0 unspecified atom stereocenters. The Bertz CT molecular complexity index is 76.6. The van der Waals surface area contributed by atoms with Gasteiger partial charge >= 0.3 is 0 Å². The summed E-state index contributed by atoms with van der Waals surface area (Å²) in [5.74, 6) is 0. The molecular formula is C6H10O2. The molecule has 46 valence electrons. The van der Waals surface area contributed by atoms with Gasteiger partial charge in [-0.2, -0.15) is 0 Å². The van der Waals surface area contributed by atoms with E-state index < -0.39 is 0 Å². The lowest BCUT2D eigenvalue weighted by atomic mass is 10.4. The number of allylic oxidation sites excluding steroid dienone is 1. The molecule has 8 heavy (non-hydrogen) atoms. The number of rotatable bonds is 4. The topological polar surface area (TPSA) is 26.3 Å². The first kappa shape index (κ1) is 7.37. The molecule has 0 aromatic rings. The van der Waals surface area contributed by atoms with Crippen molar-refractivity contribution >= 4 is 6.29 Å². The van der Waals surface area contributed by atoms with Gasteiger partial charge in [-0.15, -0.1) is 0 Å². The fourth-order valence-electron chi connectivity index (χ4n) is 0.316. The molecule has 0 bridgehead atoms. The van der Waals surface area contributed by atoms with Gasteiger partial charge in [-0.05, 0) is 0 Å². The maximum absolute atomic E-state index is 9.68. The lowest BCUT2D eigenvalue weighted by molar-refractivity contribution is -0.107. The molecule has 0 saturated heterocycles. The second-order valence-corrected chi connectivity index (χ2v) is 1.33. The third-order valence-electron chi connectivity index (χ3n) is 0.662. The van der Waals surface area contributed by atoms with Crippen molar-refractivity contribution in [3.63, 3.8) is 0 Å². The highest BCUT2D eigenvalue weighted by molar-refractivity contribution is 5.51. The third-order valence-corrected chi connectivity index (χ3v) is 0.662. The maximum atomic E-state index is 9.68. The molecular weight excluding hydrogens is 104 g/mol. The molecule has 0 heterocycles. The Hall–Kier alpha value is -0.630. The van der Waals surface area contributed by atoms with Crippen LogP contribution in [0.15, 0.2) is 12.2 Å². The average molecular weight is 114 g/mol. The summed E-state index contributed by atoms with van der Waals surface area (Å²) in [6.45, 7) is 0.591. The van der Waals surface area contributed by atoms with Crippen LogP contribution in [0.1, 0.15) is 6.42 Å². The molecule has 0 aliphatic rings. The molecule has 0 atom stereocenters. The molecule has 0 amide bonds. The summed E-state index contributed by atoms with van der Waals surface area (Å²) in [5.41, 5.74) is 0. The number of carbonyl (C=O) groups is 1. The number of methoxy groups -OCH3 is 1. The van der Waals surface area contributed by atoms with Gasteiger partial charge in [0.05, 0.1) is 6.61 Å². The summed E-state index contributed by atoms with van der Waals surface area (Å²) >= 11 is 0. The molecule has 2 nitrogen and oxygen atoms in total. The van der Waals surface area contributed by atoms with Gasteiger partial charge < -0.3 is 9.53 Å². The van der Waals surface area contributed by atoms with E-state index >= 15 is 0 Å². The second-order valence-electron chi connectivity index (χ2n) is 1.33. The maximum Gasteiger partial charge on any atom is 0.123 e. The molecule has 0 spiro atoms. The van der Waals surface area contributed by atoms with Crippen LogP contribution in [0.25, 0.3) is 0 Å². The van der Waals surface area contributed by atoms with Crippen LogP contribution in [0.4, 0.5) is 0 Å². The number of ether oxygens (including phenoxy) is 1. The first-order valence-electron chi connectivity index (χ1n) is 2.49. The highest BCUT2D eigenvalue weighted by atomic mass is 16.5. The minimum atomic E-state index is 0.489. The number of aldehydes is 1. The first-order chi connectivity index (χ1) is 3.91. The van der Waals surface area contributed by atoms with Gasteiger partial charge in [-0.3, -0.25) is 0 Å². The van der Waals surface area contributed by atoms with E-state index in [0.717, 1.165) is 6.29 Å². The number of hydrogen-bond donors (Lipinski definition) is 0. The average Bonchev–Trinajstić information content (AvgIpc) is 1.81. The van der Waals surface area contributed by atoms with Gasteiger partial charge in [0.15, 0.2) is 0 Å². The van der Waals surface area contributed by atoms with Crippen LogP contribution in [0.5, 0.6) is 0 Å². The Morgan fingerprint density at radius 2 is 2.25 bits per heavy atom. The lowest BCUT2D eigenvalue weighted by Gasteiger charge is -1.83. The number of hydrogen-bond acceptors (Lipinski definition) is 2. The molecule has 0 fully saturated rings. The predicted molar refractivity (Wildman–Crippen MR) is 31.7 cm³/mol. The van der Waals surface area contributed by atoms with Crippen molar-refractivity contribution in [3.8, 4) is 0 Å². The van der Waals surface area contributed by atoms with Crippen molar-refractivity contribution in [2.75, 3.05) is 13.7 Å². The summed E-state index contributed by atoms with van der Waals surface area (Å²) < 4.78 is 4.69. The second kappa shape index (κ2) is 6.37. The van der Waals surface area contributed by atoms with Crippen molar-refractivity contribution in [2.45, 2.75) is 6.42 Å². The monoisotopic (exact) mass is 114 g/mol. The highest BCUT2D eigenvalue weighted by Gasteiger charge is 1.70. The summed E-state index contributed by atoms with van der Waals surface area (Å²) in [7, 11) is 1.62. The highest BCUT2D eigenvalue weighted by Crippen LogP contribution is 1.76. The van der Waals surface area contributed by atoms with Crippen LogP contribution in [0.3, 0.4) is 0 Å². The minimum absolute atomic E-state index is 0.489. The van der Waals surface area contributed by atoms with Gasteiger partial charge in [0.25, 0.3) is 0 Å². The van der Waals surface area contributed by atoms with Crippen LogP contribution in [0, 0.1) is 0 Å². The van der Waals surface area contributed by atoms with E-state index in [-0.39, 0.29) is 0 Å². The van der Waals surface area contributed by atoms with E-state index in [9.17, 15) is 4.79 Å². The Morgan fingerprint density at radius 1 is 1.50 bits per heavy atom. The van der Waals surface area contributed by atoms with Gasteiger partial charge in [-0.25, -0.2) is 0 Å². The fourth-order valence-corrected chi connectivity index (χ4v) is 0.316. The SMILES string of the molecule is COCC=CCC=O. The Morgan fingerprint density at radius 3 is 2.75 bits per heavy atom. The standard InChI is InChI=1S/C6H10O2/c1-8-6-4-2-3-5-7/h2,4-5H,3,6H2,1H3. The van der Waals surface area contributed by atoms with Crippen molar-refractivity contribution < 1.29 is 9.53 Å². The zero-order valence-electron chi connectivity index (χ0n) is 4.96. The zero-order chi connectivity index (χ0) is 6.24. The van der Waals surface area contributed by atoms with E-state index in [2.05, 4.69) is 4.74 Å². The number of carbonyl (C=O) groups excluding carboxylic acids is 1. The summed E-state index contributed by atoms with van der Waals surface area (Å²) in [6.07, 6.45) is 4.93. The molecule has 0 saturated carbocycles. The van der Waals surface area contributed by atoms with Crippen molar-refractivity contribution in [1.82, 2.24) is 0 Å². The molecule has 2 heteroatoms. The quantitative estimate of drug-likeness (QED) is 0.398. The van der Waals surface area contributed by atoms with Gasteiger partial charge in [0.2, 0.25) is 0 Å². The van der Waals surface area contributed by atoms with E-state index in [1.165, 1.54) is 0 Å². The molecule has 0 aromatic carbocycles. The Kier molecular flexibility index (Phi) is 5.87. The van der Waals surface area contributed by atoms with Gasteiger partial charge in [-0.1, -0.05) is 12.2 Å². The minimum Gasteiger partial charge on any atom is -0.381 e. The first-order valence-corrected chi connectivity index (χ1v) is 2.49. The summed E-state index contributed by atoms with van der Waals surface area (Å²) in [5, 5.41) is 0. The summed E-state index contributed by atoms with van der Waals surface area (Å²) in [4.78, 5) is 9.68. The van der Waals surface area contributed by atoms with Crippen LogP contribution in [-0.2, 0) is 9.53 Å². The van der Waals surface area contributed by atoms with Crippen LogP contribution in [0.2, 0.25) is 0 Å². The van der Waals surface area contributed by atoms with Crippen LogP contribution >= 0.6 is 0 Å². The zero-order valence-corrected chi connectivity index (χ0v) is 4.96. The van der Waals surface area contributed by atoms with Crippen LogP contribution < -0.4 is 0 Å². The van der Waals surface area contributed by atoms with Crippen LogP contribution in [-0.4, -0.2) is 20.0 Å². The molecule has 0 aliphatic heterocycles. The van der Waals surface area contributed by atoms with Crippen molar-refractivity contribution in [3.05, 3.63) is 12.2 Å². The largest absolute Gasteiger partial charge is 0.381 e. The van der Waals surface area contributed by atoms with E-state index in [0.29, 0.717) is 13.0 Å². The molecule has 0 N–H and O–H groups in total. The van der Waals surface area contributed by atoms with Crippen molar-refractivity contribution in [1.29, 1.82) is 0 Å². The van der Waals surface area contributed by atoms with Crippen molar-refractivity contribution in [2.24, 2.45) is 0 Å². The normalized spacial score (nSPS) is 10.1. The predicted octanol–water partition coefficient (Wildman–Crippen LogP) is 0.778. The smallest absolute Gasteiger partial charge is 0.123 e. The molecule has 0 aliphatic carbocycles. The van der Waals surface area contributed by atoms with E-state index in [1.54, 1.807) is 13.2 Å². The van der Waals surface area contributed by atoms with Gasteiger partial charge in [0.1, 0.15) is 6.29 Å². The van der Waals surface area contributed by atoms with E-state index in [1.807, 2.05) is 6.08 Å².